The monoisotopic (exact) mass is 289 g/mol. The molecule has 0 amide bonds. The summed E-state index contributed by atoms with van der Waals surface area (Å²) in [5.41, 5.74) is 10.4. The van der Waals surface area contributed by atoms with Crippen molar-refractivity contribution < 1.29 is 0 Å². The fourth-order valence-electron chi connectivity index (χ4n) is 2.77. The number of halogens is 1. The first-order valence-corrected chi connectivity index (χ1v) is 7.16. The van der Waals surface area contributed by atoms with Crippen molar-refractivity contribution in [3.8, 4) is 0 Å². The average molecular weight is 290 g/mol. The minimum Gasteiger partial charge on any atom is -0.398 e. The molecule has 0 saturated heterocycles. The molecule has 4 nitrogen and oxygen atoms in total. The van der Waals surface area contributed by atoms with Crippen molar-refractivity contribution in [2.24, 2.45) is 0 Å². The molecule has 1 aromatic carbocycles. The fourth-order valence-corrected chi connectivity index (χ4v) is 2.89. The first kappa shape index (κ1) is 13.2. The summed E-state index contributed by atoms with van der Waals surface area (Å²) < 4.78 is 0. The van der Waals surface area contributed by atoms with E-state index < -0.39 is 0 Å². The zero-order valence-corrected chi connectivity index (χ0v) is 11.8. The number of hydrogen-bond donors (Lipinski definition) is 2. The predicted molar refractivity (Wildman–Crippen MR) is 80.2 cm³/mol. The zero-order chi connectivity index (χ0) is 14.1. The van der Waals surface area contributed by atoms with Crippen LogP contribution in [0.25, 0.3) is 0 Å². The number of aromatic amines is 1. The Labute approximate surface area is 122 Å². The number of nitrogen functional groups attached to an aromatic ring is 1. The Kier molecular flexibility index (Phi) is 3.49. The molecule has 0 unspecified atom stereocenters. The van der Waals surface area contributed by atoms with Gasteiger partial charge in [-0.3, -0.25) is 4.79 Å². The van der Waals surface area contributed by atoms with Crippen LogP contribution in [0.4, 0.5) is 5.69 Å². The lowest BCUT2D eigenvalue weighted by Gasteiger charge is -2.17. The second-order valence-corrected chi connectivity index (χ2v) is 5.60. The van der Waals surface area contributed by atoms with Gasteiger partial charge in [0.25, 0.3) is 5.56 Å². The van der Waals surface area contributed by atoms with Crippen molar-refractivity contribution in [1.29, 1.82) is 0 Å². The lowest BCUT2D eigenvalue weighted by Crippen LogP contribution is -2.23. The van der Waals surface area contributed by atoms with E-state index in [1.807, 2.05) is 12.1 Å². The molecule has 1 heterocycles. The minimum absolute atomic E-state index is 0.0425. The van der Waals surface area contributed by atoms with E-state index in [4.69, 9.17) is 17.3 Å². The maximum atomic E-state index is 11.8. The average Bonchev–Trinajstić information content (AvgIpc) is 2.46. The van der Waals surface area contributed by atoms with E-state index >= 15 is 0 Å². The van der Waals surface area contributed by atoms with Crippen molar-refractivity contribution in [3.05, 3.63) is 56.0 Å². The van der Waals surface area contributed by atoms with Crippen LogP contribution >= 0.6 is 11.6 Å². The summed E-state index contributed by atoms with van der Waals surface area (Å²) in [5, 5.41) is 7.40. The first-order valence-electron chi connectivity index (χ1n) is 6.78. The van der Waals surface area contributed by atoms with E-state index in [0.717, 1.165) is 48.1 Å². The van der Waals surface area contributed by atoms with Crippen molar-refractivity contribution >= 4 is 17.3 Å². The van der Waals surface area contributed by atoms with Gasteiger partial charge in [0.15, 0.2) is 0 Å². The Hall–Kier alpha value is -1.81. The van der Waals surface area contributed by atoms with Gasteiger partial charge in [-0.25, -0.2) is 5.10 Å². The molecule has 0 aliphatic heterocycles. The zero-order valence-electron chi connectivity index (χ0n) is 11.1. The standard InChI is InChI=1S/C15H16ClN3O/c16-12-6-5-9(7-13(12)17)8-14-10-3-1-2-4-11(10)15(20)19-18-14/h5-7H,1-4,8,17H2,(H,19,20). The molecule has 0 fully saturated rings. The Morgan fingerprint density at radius 1 is 1.25 bits per heavy atom. The van der Waals surface area contributed by atoms with Crippen molar-refractivity contribution in [2.45, 2.75) is 32.1 Å². The molecule has 2 aromatic rings. The van der Waals surface area contributed by atoms with Gasteiger partial charge in [-0.2, -0.15) is 5.10 Å². The van der Waals surface area contributed by atoms with E-state index in [1.54, 1.807) is 6.07 Å². The maximum Gasteiger partial charge on any atom is 0.267 e. The minimum atomic E-state index is -0.0425. The molecule has 1 aliphatic rings. The number of anilines is 1. The second-order valence-electron chi connectivity index (χ2n) is 5.20. The van der Waals surface area contributed by atoms with E-state index in [2.05, 4.69) is 10.2 Å². The molecule has 0 saturated carbocycles. The molecule has 0 spiro atoms. The summed E-state index contributed by atoms with van der Waals surface area (Å²) in [4.78, 5) is 11.8. The number of H-pyrrole nitrogens is 1. The summed E-state index contributed by atoms with van der Waals surface area (Å²) in [6, 6.07) is 5.61. The molecule has 0 radical (unpaired) electrons. The highest BCUT2D eigenvalue weighted by Gasteiger charge is 2.17. The molecule has 0 atom stereocenters. The van der Waals surface area contributed by atoms with E-state index in [-0.39, 0.29) is 5.56 Å². The lowest BCUT2D eigenvalue weighted by atomic mass is 9.90. The van der Waals surface area contributed by atoms with Gasteiger partial charge >= 0.3 is 0 Å². The Morgan fingerprint density at radius 3 is 2.75 bits per heavy atom. The topological polar surface area (TPSA) is 71.8 Å². The van der Waals surface area contributed by atoms with Crippen LogP contribution in [-0.4, -0.2) is 10.2 Å². The molecule has 20 heavy (non-hydrogen) atoms. The summed E-state index contributed by atoms with van der Waals surface area (Å²) in [6.07, 6.45) is 4.65. The van der Waals surface area contributed by atoms with E-state index in [1.165, 1.54) is 0 Å². The van der Waals surface area contributed by atoms with Crippen molar-refractivity contribution in [1.82, 2.24) is 10.2 Å². The van der Waals surface area contributed by atoms with Gasteiger partial charge in [0.05, 0.1) is 16.4 Å². The van der Waals surface area contributed by atoms with Crippen molar-refractivity contribution in [2.75, 3.05) is 5.73 Å². The van der Waals surface area contributed by atoms with Gasteiger partial charge in [0, 0.05) is 12.0 Å². The summed E-state index contributed by atoms with van der Waals surface area (Å²) in [5.74, 6) is 0. The number of hydrogen-bond acceptors (Lipinski definition) is 3. The van der Waals surface area contributed by atoms with Crippen LogP contribution in [0.2, 0.25) is 5.02 Å². The number of aromatic nitrogens is 2. The van der Waals surface area contributed by atoms with Crippen LogP contribution in [0.1, 0.15) is 35.2 Å². The second kappa shape index (κ2) is 5.29. The van der Waals surface area contributed by atoms with Gasteiger partial charge in [0.2, 0.25) is 0 Å². The molecule has 0 bridgehead atoms. The Balaban J connectivity index is 1.98. The van der Waals surface area contributed by atoms with E-state index in [9.17, 15) is 4.79 Å². The smallest absolute Gasteiger partial charge is 0.267 e. The normalized spacial score (nSPS) is 14.1. The van der Waals surface area contributed by atoms with Crippen LogP contribution in [0.15, 0.2) is 23.0 Å². The summed E-state index contributed by atoms with van der Waals surface area (Å²) >= 11 is 5.93. The third kappa shape index (κ3) is 2.43. The summed E-state index contributed by atoms with van der Waals surface area (Å²) in [7, 11) is 0. The quantitative estimate of drug-likeness (QED) is 0.834. The summed E-state index contributed by atoms with van der Waals surface area (Å²) in [6.45, 7) is 0. The molecule has 1 aliphatic carbocycles. The van der Waals surface area contributed by atoms with Gasteiger partial charge in [-0.1, -0.05) is 17.7 Å². The van der Waals surface area contributed by atoms with Crippen LogP contribution in [-0.2, 0) is 19.3 Å². The van der Waals surface area contributed by atoms with E-state index in [0.29, 0.717) is 17.1 Å². The van der Waals surface area contributed by atoms with Crippen molar-refractivity contribution in [3.63, 3.8) is 0 Å². The number of nitrogens with one attached hydrogen (secondary N) is 1. The molecule has 104 valence electrons. The van der Waals surface area contributed by atoms with Gasteiger partial charge < -0.3 is 5.73 Å². The number of rotatable bonds is 2. The van der Waals surface area contributed by atoms with Crippen LogP contribution in [0.5, 0.6) is 0 Å². The third-order valence-corrected chi connectivity index (χ3v) is 4.16. The highest BCUT2D eigenvalue weighted by molar-refractivity contribution is 6.33. The van der Waals surface area contributed by atoms with Crippen LogP contribution in [0.3, 0.4) is 0 Å². The molecule has 3 rings (SSSR count). The Morgan fingerprint density at radius 2 is 2.00 bits per heavy atom. The molecule has 3 N–H and O–H groups in total. The maximum absolute atomic E-state index is 11.8. The number of fused-ring (bicyclic) bond motifs is 1. The first-order chi connectivity index (χ1) is 9.65. The molecule has 1 aromatic heterocycles. The van der Waals surface area contributed by atoms with Gasteiger partial charge in [0.1, 0.15) is 0 Å². The number of nitrogens with zero attached hydrogens (tertiary/aromatic N) is 1. The Bertz CT molecular complexity index is 709. The highest BCUT2D eigenvalue weighted by Crippen LogP contribution is 2.24. The predicted octanol–water partition coefficient (Wildman–Crippen LogP) is 2.48. The number of benzene rings is 1. The SMILES string of the molecule is Nc1cc(Cc2n[nH]c(=O)c3c2CCCC3)ccc1Cl. The highest BCUT2D eigenvalue weighted by atomic mass is 35.5. The largest absolute Gasteiger partial charge is 0.398 e. The van der Waals surface area contributed by atoms with Crippen LogP contribution in [0, 0.1) is 0 Å². The molecule has 5 heteroatoms. The molecular formula is C15H16ClN3O. The van der Waals surface area contributed by atoms with Gasteiger partial charge in [-0.15, -0.1) is 0 Å². The lowest BCUT2D eigenvalue weighted by molar-refractivity contribution is 0.655. The fraction of sp³-hybridized carbons (Fsp3) is 0.333. The van der Waals surface area contributed by atoms with Crippen LogP contribution < -0.4 is 11.3 Å². The molecular weight excluding hydrogens is 274 g/mol. The third-order valence-electron chi connectivity index (χ3n) is 3.81. The van der Waals surface area contributed by atoms with Gasteiger partial charge in [-0.05, 0) is 48.9 Å². The number of nitrogens with two attached hydrogens (primary N) is 1.